The minimum atomic E-state index is -0.808. The number of carbonyl (C=O) groups is 3. The Labute approximate surface area is 185 Å². The van der Waals surface area contributed by atoms with Crippen LogP contribution in [0.25, 0.3) is 0 Å². The fraction of sp³-hybridized carbons (Fsp3) is 0.208. The summed E-state index contributed by atoms with van der Waals surface area (Å²) in [5, 5.41) is 2.60. The van der Waals surface area contributed by atoms with Gasteiger partial charge in [0.15, 0.2) is 29.6 Å². The molecule has 0 bridgehead atoms. The van der Waals surface area contributed by atoms with Crippen molar-refractivity contribution in [3.05, 3.63) is 76.7 Å². The molecule has 1 N–H and O–H groups in total. The highest BCUT2D eigenvalue weighted by molar-refractivity contribution is 6.08. The third-order valence-corrected chi connectivity index (χ3v) is 4.90. The van der Waals surface area contributed by atoms with Crippen LogP contribution in [-0.4, -0.2) is 38.5 Å². The smallest absolute Gasteiger partial charge is 0.340 e. The number of anilines is 1. The molecule has 8 nitrogen and oxygen atoms in total. The van der Waals surface area contributed by atoms with E-state index < -0.39 is 18.5 Å². The molecule has 1 heterocycles. The van der Waals surface area contributed by atoms with Crippen LogP contribution >= 0.6 is 0 Å². The third-order valence-electron chi connectivity index (χ3n) is 4.90. The summed E-state index contributed by atoms with van der Waals surface area (Å²) in [5.74, 6) is -1.10. The maximum atomic E-state index is 12.8. The number of ketones is 1. The molecule has 0 saturated heterocycles. The number of rotatable bonds is 8. The number of benzene rings is 2. The fourth-order valence-electron chi connectivity index (χ4n) is 2.95. The van der Waals surface area contributed by atoms with Gasteiger partial charge in [0.1, 0.15) is 0 Å². The van der Waals surface area contributed by atoms with E-state index in [2.05, 4.69) is 5.32 Å². The average Bonchev–Trinajstić information content (AvgIpc) is 3.34. The highest BCUT2D eigenvalue weighted by atomic mass is 16.5. The van der Waals surface area contributed by atoms with Gasteiger partial charge >= 0.3 is 5.97 Å². The molecule has 8 heteroatoms. The highest BCUT2D eigenvalue weighted by Crippen LogP contribution is 2.34. The van der Waals surface area contributed by atoms with Gasteiger partial charge in [0, 0.05) is 17.7 Å². The van der Waals surface area contributed by atoms with Gasteiger partial charge in [-0.1, -0.05) is 12.1 Å². The Kier molecular flexibility index (Phi) is 6.94. The van der Waals surface area contributed by atoms with Gasteiger partial charge < -0.3 is 23.9 Å². The van der Waals surface area contributed by atoms with Crippen molar-refractivity contribution in [2.75, 3.05) is 26.1 Å². The number of hydrogen-bond donors (Lipinski definition) is 1. The Morgan fingerprint density at radius 1 is 0.938 bits per heavy atom. The van der Waals surface area contributed by atoms with E-state index in [4.69, 9.17) is 18.6 Å². The van der Waals surface area contributed by atoms with Gasteiger partial charge in [-0.2, -0.15) is 0 Å². The summed E-state index contributed by atoms with van der Waals surface area (Å²) in [4.78, 5) is 37.7. The summed E-state index contributed by atoms with van der Waals surface area (Å²) in [6, 6.07) is 11.1. The Bertz CT molecular complexity index is 1150. The van der Waals surface area contributed by atoms with Gasteiger partial charge in [0.05, 0.1) is 31.7 Å². The van der Waals surface area contributed by atoms with Crippen molar-refractivity contribution in [2.45, 2.75) is 13.8 Å². The Balaban J connectivity index is 1.83. The molecule has 2 aromatic carbocycles. The van der Waals surface area contributed by atoms with E-state index in [1.165, 1.54) is 38.7 Å². The average molecular weight is 437 g/mol. The summed E-state index contributed by atoms with van der Waals surface area (Å²) in [6.45, 7) is 3.39. The van der Waals surface area contributed by atoms with Crippen LogP contribution in [0.1, 0.15) is 42.4 Å². The summed E-state index contributed by atoms with van der Waals surface area (Å²) >= 11 is 0. The van der Waals surface area contributed by atoms with E-state index in [1.54, 1.807) is 18.2 Å². The fourth-order valence-corrected chi connectivity index (χ4v) is 2.95. The first kappa shape index (κ1) is 22.6. The molecule has 0 spiro atoms. The molecule has 3 aromatic rings. The minimum absolute atomic E-state index is 0.00422. The molecule has 0 fully saturated rings. The SMILES string of the molecule is COc1cc(NC(=O)c2ccco2)c(C(=O)OCC(=O)c2ccc(C)c(C)c2)cc1OC. The molecule has 0 aliphatic heterocycles. The van der Waals surface area contributed by atoms with Crippen LogP contribution in [0, 0.1) is 13.8 Å². The number of furan rings is 1. The van der Waals surface area contributed by atoms with Gasteiger partial charge in [-0.15, -0.1) is 0 Å². The second-order valence-corrected chi connectivity index (χ2v) is 6.98. The molecule has 0 aliphatic rings. The van der Waals surface area contributed by atoms with E-state index in [0.717, 1.165) is 11.1 Å². The van der Waals surface area contributed by atoms with E-state index in [0.29, 0.717) is 11.3 Å². The lowest BCUT2D eigenvalue weighted by Crippen LogP contribution is -2.18. The largest absolute Gasteiger partial charge is 0.493 e. The number of methoxy groups -OCH3 is 2. The zero-order valence-corrected chi connectivity index (χ0v) is 18.2. The first-order chi connectivity index (χ1) is 15.3. The van der Waals surface area contributed by atoms with Crippen molar-refractivity contribution in [3.8, 4) is 11.5 Å². The van der Waals surface area contributed by atoms with Gasteiger partial charge in [-0.25, -0.2) is 4.79 Å². The molecular formula is C24H23NO7. The van der Waals surface area contributed by atoms with Crippen molar-refractivity contribution in [1.82, 2.24) is 0 Å². The van der Waals surface area contributed by atoms with Crippen molar-refractivity contribution >= 4 is 23.3 Å². The van der Waals surface area contributed by atoms with Crippen LogP contribution in [0.15, 0.2) is 53.1 Å². The highest BCUT2D eigenvalue weighted by Gasteiger charge is 2.22. The molecule has 166 valence electrons. The second-order valence-electron chi connectivity index (χ2n) is 6.98. The van der Waals surface area contributed by atoms with Crippen LogP contribution < -0.4 is 14.8 Å². The minimum Gasteiger partial charge on any atom is -0.493 e. The molecule has 0 aliphatic carbocycles. The number of nitrogens with one attached hydrogen (secondary N) is 1. The normalized spacial score (nSPS) is 10.4. The number of aryl methyl sites for hydroxylation is 2. The van der Waals surface area contributed by atoms with Gasteiger partial charge in [-0.3, -0.25) is 9.59 Å². The Hall–Kier alpha value is -4.07. The number of hydrogen-bond acceptors (Lipinski definition) is 7. The van der Waals surface area contributed by atoms with Crippen molar-refractivity contribution < 1.29 is 33.0 Å². The molecule has 0 saturated carbocycles. The maximum Gasteiger partial charge on any atom is 0.340 e. The molecule has 32 heavy (non-hydrogen) atoms. The zero-order valence-electron chi connectivity index (χ0n) is 18.2. The molecule has 3 rings (SSSR count). The maximum absolute atomic E-state index is 12.8. The van der Waals surface area contributed by atoms with Gasteiger partial charge in [-0.05, 0) is 43.2 Å². The third kappa shape index (κ3) is 4.97. The number of amides is 1. The quantitative estimate of drug-likeness (QED) is 0.416. The monoisotopic (exact) mass is 437 g/mol. The number of esters is 1. The second kappa shape index (κ2) is 9.82. The summed E-state index contributed by atoms with van der Waals surface area (Å²) in [5.41, 5.74) is 2.58. The summed E-state index contributed by atoms with van der Waals surface area (Å²) < 4.78 is 20.8. The van der Waals surface area contributed by atoms with Gasteiger partial charge in [0.25, 0.3) is 5.91 Å². The number of ether oxygens (including phenoxy) is 3. The molecule has 0 atom stereocenters. The predicted octanol–water partition coefficient (Wildman–Crippen LogP) is 4.21. The zero-order chi connectivity index (χ0) is 23.3. The van der Waals surface area contributed by atoms with E-state index >= 15 is 0 Å². The van der Waals surface area contributed by atoms with Crippen molar-refractivity contribution in [2.24, 2.45) is 0 Å². The molecule has 0 radical (unpaired) electrons. The van der Waals surface area contributed by atoms with Crippen molar-refractivity contribution in [1.29, 1.82) is 0 Å². The first-order valence-electron chi connectivity index (χ1n) is 9.72. The lowest BCUT2D eigenvalue weighted by molar-refractivity contribution is 0.0475. The molecule has 1 amide bonds. The Morgan fingerprint density at radius 2 is 1.66 bits per heavy atom. The lowest BCUT2D eigenvalue weighted by atomic mass is 10.0. The van der Waals surface area contributed by atoms with Crippen molar-refractivity contribution in [3.63, 3.8) is 0 Å². The predicted molar refractivity (Wildman–Crippen MR) is 117 cm³/mol. The standard InChI is InChI=1S/C24H23NO7/c1-14-7-8-16(10-15(14)2)19(26)13-32-24(28)17-11-21(29-3)22(30-4)12-18(17)25-23(27)20-6-5-9-31-20/h5-12H,13H2,1-4H3,(H,25,27). The number of carbonyl (C=O) groups excluding carboxylic acids is 3. The van der Waals surface area contributed by atoms with E-state index in [1.807, 2.05) is 19.9 Å². The van der Waals surface area contributed by atoms with Crippen LogP contribution in [0.5, 0.6) is 11.5 Å². The molecule has 1 aromatic heterocycles. The van der Waals surface area contributed by atoms with E-state index in [-0.39, 0.29) is 28.5 Å². The molecule has 0 unspecified atom stereocenters. The van der Waals surface area contributed by atoms with Gasteiger partial charge in [0.2, 0.25) is 0 Å². The lowest BCUT2D eigenvalue weighted by Gasteiger charge is -2.15. The van der Waals surface area contributed by atoms with Crippen LogP contribution in [0.2, 0.25) is 0 Å². The van der Waals surface area contributed by atoms with Crippen LogP contribution in [0.4, 0.5) is 5.69 Å². The van der Waals surface area contributed by atoms with Crippen LogP contribution in [0.3, 0.4) is 0 Å². The van der Waals surface area contributed by atoms with Crippen LogP contribution in [-0.2, 0) is 4.74 Å². The number of Topliss-reactive ketones (excluding diaryl/α,β-unsaturated/α-hetero) is 1. The topological polar surface area (TPSA) is 104 Å². The summed E-state index contributed by atoms with van der Waals surface area (Å²) in [7, 11) is 2.84. The molecular weight excluding hydrogens is 414 g/mol. The first-order valence-corrected chi connectivity index (χ1v) is 9.72. The van der Waals surface area contributed by atoms with E-state index in [9.17, 15) is 14.4 Å². The summed E-state index contributed by atoms with van der Waals surface area (Å²) in [6.07, 6.45) is 1.36. The Morgan fingerprint density at radius 3 is 2.28 bits per heavy atom.